The van der Waals surface area contributed by atoms with Crippen molar-refractivity contribution in [2.45, 2.75) is 36.4 Å². The van der Waals surface area contributed by atoms with E-state index in [1.807, 2.05) is 4.72 Å². The second-order valence-corrected chi connectivity index (χ2v) is 9.24. The van der Waals surface area contributed by atoms with Gasteiger partial charge in [0.2, 0.25) is 6.10 Å². The Balaban J connectivity index is 1.52. The fourth-order valence-corrected chi connectivity index (χ4v) is 4.78. The first-order valence-corrected chi connectivity index (χ1v) is 11.5. The summed E-state index contributed by atoms with van der Waals surface area (Å²) in [6, 6.07) is 7.98. The molecule has 1 atom stereocenters. The molecule has 0 unspecified atom stereocenters. The van der Waals surface area contributed by atoms with Gasteiger partial charge >= 0.3 is 6.18 Å². The van der Waals surface area contributed by atoms with E-state index in [9.17, 15) is 26.4 Å². The number of nitrogens with one attached hydrogen (secondary N) is 1. The molecular weight excluding hydrogens is 449 g/mol. The fraction of sp³-hybridized carbons (Fsp3) is 0.381. The molecule has 0 spiro atoms. The molecule has 32 heavy (non-hydrogen) atoms. The summed E-state index contributed by atoms with van der Waals surface area (Å²) in [7, 11) is -4.34. The van der Waals surface area contributed by atoms with Crippen LogP contribution in [0.4, 0.5) is 18.9 Å². The highest BCUT2D eigenvalue weighted by Gasteiger charge is 2.35. The number of nitrogens with zero attached hydrogens (tertiary/aromatic N) is 1. The van der Waals surface area contributed by atoms with Gasteiger partial charge in [-0.1, -0.05) is 12.1 Å². The number of fused-ring (bicyclic) bond motifs is 1. The Bertz CT molecular complexity index is 1110. The van der Waals surface area contributed by atoms with Gasteiger partial charge in [-0.2, -0.15) is 13.2 Å². The molecular formula is C21H21F3N2O5S. The van der Waals surface area contributed by atoms with Crippen LogP contribution in [0, 0.1) is 0 Å². The van der Waals surface area contributed by atoms with E-state index in [0.29, 0.717) is 13.1 Å². The molecule has 2 aliphatic rings. The van der Waals surface area contributed by atoms with E-state index in [1.165, 1.54) is 24.3 Å². The predicted molar refractivity (Wildman–Crippen MR) is 109 cm³/mol. The van der Waals surface area contributed by atoms with Crippen molar-refractivity contribution in [3.63, 3.8) is 0 Å². The van der Waals surface area contributed by atoms with E-state index in [-0.39, 0.29) is 28.9 Å². The molecule has 0 aliphatic carbocycles. The SMILES string of the molecule is O=C([C@H]1COc2cc(S(=O)(=O)Nc3ccccc3C(F)(F)F)ccc2O1)N1CCCCC1. The quantitative estimate of drug-likeness (QED) is 0.737. The van der Waals surface area contributed by atoms with E-state index in [0.717, 1.165) is 37.5 Å². The zero-order chi connectivity index (χ0) is 22.9. The third-order valence-electron chi connectivity index (χ3n) is 5.30. The van der Waals surface area contributed by atoms with Gasteiger partial charge in [0, 0.05) is 19.2 Å². The zero-order valence-electron chi connectivity index (χ0n) is 16.9. The Labute approximate surface area is 183 Å². The van der Waals surface area contributed by atoms with E-state index in [4.69, 9.17) is 9.47 Å². The Hall–Kier alpha value is -2.95. The maximum absolute atomic E-state index is 13.2. The number of hydrogen-bond donors (Lipinski definition) is 1. The molecule has 0 saturated carbocycles. The van der Waals surface area contributed by atoms with Crippen LogP contribution in [-0.2, 0) is 21.0 Å². The summed E-state index contributed by atoms with van der Waals surface area (Å²) >= 11 is 0. The van der Waals surface area contributed by atoms with Crippen LogP contribution in [0.2, 0.25) is 0 Å². The van der Waals surface area contributed by atoms with Crippen molar-refractivity contribution in [1.29, 1.82) is 0 Å². The van der Waals surface area contributed by atoms with Gasteiger partial charge in [-0.25, -0.2) is 8.42 Å². The molecule has 1 fully saturated rings. The highest BCUT2D eigenvalue weighted by molar-refractivity contribution is 7.92. The number of benzene rings is 2. The van der Waals surface area contributed by atoms with Crippen molar-refractivity contribution >= 4 is 21.6 Å². The number of piperidine rings is 1. The van der Waals surface area contributed by atoms with Gasteiger partial charge in [0.05, 0.1) is 16.1 Å². The summed E-state index contributed by atoms with van der Waals surface area (Å²) in [6.45, 7) is 1.23. The first-order chi connectivity index (χ1) is 15.1. The number of ether oxygens (including phenoxy) is 2. The third-order valence-corrected chi connectivity index (χ3v) is 6.67. The van der Waals surface area contributed by atoms with Crippen LogP contribution < -0.4 is 14.2 Å². The number of para-hydroxylation sites is 1. The summed E-state index contributed by atoms with van der Waals surface area (Å²) in [5, 5.41) is 0. The number of alkyl halides is 3. The molecule has 2 aliphatic heterocycles. The molecule has 11 heteroatoms. The summed E-state index contributed by atoms with van der Waals surface area (Å²) < 4.78 is 78.2. The average Bonchev–Trinajstić information content (AvgIpc) is 2.78. The first-order valence-electron chi connectivity index (χ1n) is 10.1. The van der Waals surface area contributed by atoms with Crippen molar-refractivity contribution < 1.29 is 35.9 Å². The van der Waals surface area contributed by atoms with Crippen LogP contribution in [0.3, 0.4) is 0 Å². The molecule has 2 aromatic rings. The van der Waals surface area contributed by atoms with Crippen LogP contribution in [-0.4, -0.2) is 45.0 Å². The van der Waals surface area contributed by atoms with E-state index in [1.54, 1.807) is 4.90 Å². The number of amides is 1. The van der Waals surface area contributed by atoms with Gasteiger partial charge in [0.1, 0.15) is 6.61 Å². The molecule has 172 valence electrons. The number of likely N-dealkylation sites (tertiary alicyclic amines) is 1. The highest BCUT2D eigenvalue weighted by Crippen LogP contribution is 2.37. The maximum Gasteiger partial charge on any atom is 0.418 e. The lowest BCUT2D eigenvalue weighted by Gasteiger charge is -2.32. The minimum atomic E-state index is -4.72. The lowest BCUT2D eigenvalue weighted by Crippen LogP contribution is -2.48. The van der Waals surface area contributed by atoms with Crippen LogP contribution in [0.25, 0.3) is 0 Å². The number of rotatable bonds is 4. The first kappa shape index (κ1) is 22.3. The number of halogens is 3. The third kappa shape index (κ3) is 4.62. The topological polar surface area (TPSA) is 84.9 Å². The van der Waals surface area contributed by atoms with Crippen LogP contribution in [0.15, 0.2) is 47.4 Å². The molecule has 1 N–H and O–H groups in total. The van der Waals surface area contributed by atoms with Crippen LogP contribution in [0.1, 0.15) is 24.8 Å². The number of anilines is 1. The minimum Gasteiger partial charge on any atom is -0.485 e. The molecule has 2 heterocycles. The molecule has 2 aromatic carbocycles. The Kier molecular flexibility index (Phi) is 5.93. The Morgan fingerprint density at radius 3 is 2.47 bits per heavy atom. The van der Waals surface area contributed by atoms with Gasteiger partial charge in [-0.3, -0.25) is 9.52 Å². The molecule has 4 rings (SSSR count). The summed E-state index contributed by atoms with van der Waals surface area (Å²) in [6.07, 6.45) is -2.61. The van der Waals surface area contributed by atoms with Gasteiger partial charge in [0.15, 0.2) is 11.5 Å². The predicted octanol–water partition coefficient (Wildman–Crippen LogP) is 3.66. The molecule has 0 bridgehead atoms. The van der Waals surface area contributed by atoms with E-state index in [2.05, 4.69) is 0 Å². The van der Waals surface area contributed by atoms with Crippen molar-refractivity contribution in [2.24, 2.45) is 0 Å². The van der Waals surface area contributed by atoms with E-state index < -0.39 is 33.6 Å². The van der Waals surface area contributed by atoms with Crippen molar-refractivity contribution in [1.82, 2.24) is 4.90 Å². The van der Waals surface area contributed by atoms with E-state index >= 15 is 0 Å². The number of carbonyl (C=O) groups is 1. The average molecular weight is 470 g/mol. The van der Waals surface area contributed by atoms with Gasteiger partial charge in [-0.15, -0.1) is 0 Å². The second-order valence-electron chi connectivity index (χ2n) is 7.56. The molecule has 0 radical (unpaired) electrons. The molecule has 1 saturated heterocycles. The highest BCUT2D eigenvalue weighted by atomic mass is 32.2. The minimum absolute atomic E-state index is 0.0871. The second kappa shape index (κ2) is 8.53. The number of hydrogen-bond acceptors (Lipinski definition) is 5. The van der Waals surface area contributed by atoms with Gasteiger partial charge in [0.25, 0.3) is 15.9 Å². The summed E-state index contributed by atoms with van der Waals surface area (Å²) in [5.74, 6) is 0.110. The van der Waals surface area contributed by atoms with Gasteiger partial charge < -0.3 is 14.4 Å². The van der Waals surface area contributed by atoms with Gasteiger partial charge in [-0.05, 0) is 43.5 Å². The Morgan fingerprint density at radius 1 is 1.03 bits per heavy atom. The molecule has 0 aromatic heterocycles. The largest absolute Gasteiger partial charge is 0.485 e. The zero-order valence-corrected chi connectivity index (χ0v) is 17.7. The standard InChI is InChI=1S/C21H21F3N2O5S/c22-21(23,24)15-6-2-3-7-16(15)25-32(28,29)14-8-9-17-18(12-14)30-13-19(31-17)20(27)26-10-4-1-5-11-26/h2-3,6-9,12,19,25H,1,4-5,10-11,13H2/t19-/m1/s1. The lowest BCUT2D eigenvalue weighted by molar-refractivity contribution is -0.142. The van der Waals surface area contributed by atoms with Crippen molar-refractivity contribution in [3.8, 4) is 11.5 Å². The summed E-state index contributed by atoms with van der Waals surface area (Å²) in [4.78, 5) is 14.1. The van der Waals surface area contributed by atoms with Crippen LogP contribution >= 0.6 is 0 Å². The van der Waals surface area contributed by atoms with Crippen LogP contribution in [0.5, 0.6) is 11.5 Å². The summed E-state index contributed by atoms with van der Waals surface area (Å²) in [5.41, 5.74) is -1.68. The fourth-order valence-electron chi connectivity index (χ4n) is 3.68. The normalized spacial score (nSPS) is 18.8. The maximum atomic E-state index is 13.2. The number of carbonyl (C=O) groups excluding carboxylic acids is 1. The monoisotopic (exact) mass is 470 g/mol. The smallest absolute Gasteiger partial charge is 0.418 e. The lowest BCUT2D eigenvalue weighted by atomic mass is 10.1. The molecule has 1 amide bonds. The Morgan fingerprint density at radius 2 is 1.75 bits per heavy atom. The van der Waals surface area contributed by atoms with Crippen molar-refractivity contribution in [2.75, 3.05) is 24.4 Å². The van der Waals surface area contributed by atoms with Crippen molar-refractivity contribution in [3.05, 3.63) is 48.0 Å². The molecule has 7 nitrogen and oxygen atoms in total. The number of sulfonamides is 1.